The molecule has 6 heteroatoms. The number of hydrogen-bond donors (Lipinski definition) is 1. The Morgan fingerprint density at radius 1 is 1.14 bits per heavy atom. The first-order valence-corrected chi connectivity index (χ1v) is 10.5. The van der Waals surface area contributed by atoms with Crippen molar-refractivity contribution in [3.05, 3.63) is 44.3 Å². The van der Waals surface area contributed by atoms with Crippen molar-refractivity contribution in [3.63, 3.8) is 0 Å². The van der Waals surface area contributed by atoms with E-state index in [2.05, 4.69) is 19.2 Å². The first kappa shape index (κ1) is 20.6. The molecule has 0 radical (unpaired) electrons. The molecule has 1 heterocycles. The molecule has 5 nitrogen and oxygen atoms in total. The van der Waals surface area contributed by atoms with Gasteiger partial charge in [0.15, 0.2) is 5.78 Å². The van der Waals surface area contributed by atoms with Crippen molar-refractivity contribution in [1.29, 1.82) is 0 Å². The molecule has 0 aliphatic heterocycles. The van der Waals surface area contributed by atoms with Crippen molar-refractivity contribution in [2.45, 2.75) is 65.3 Å². The zero-order chi connectivity index (χ0) is 20.4. The van der Waals surface area contributed by atoms with Gasteiger partial charge in [0.05, 0.1) is 10.7 Å². The number of anilines is 1. The Morgan fingerprint density at radius 3 is 2.50 bits per heavy atom. The highest BCUT2D eigenvalue weighted by Crippen LogP contribution is 2.33. The summed E-state index contributed by atoms with van der Waals surface area (Å²) < 4.78 is 1.56. The number of aromatic nitrogens is 2. The molecule has 3 rings (SSSR count). The molecule has 0 bridgehead atoms. The van der Waals surface area contributed by atoms with Crippen LogP contribution in [0.25, 0.3) is 11.4 Å². The van der Waals surface area contributed by atoms with Crippen molar-refractivity contribution in [2.75, 3.05) is 5.32 Å². The zero-order valence-corrected chi connectivity index (χ0v) is 17.8. The standard InChI is InChI=1S/C22H28ClN3O2/c1-5-14(6-2)24-20-18(7-3)25-21(26(4)22(20)28)16-11-13-9-8-10-19(27)15(13)12-17(16)23/h11-12,14,24H,5-10H2,1-4H3. The van der Waals surface area contributed by atoms with Crippen molar-refractivity contribution in [1.82, 2.24) is 9.55 Å². The van der Waals surface area contributed by atoms with E-state index < -0.39 is 0 Å². The fourth-order valence-corrected chi connectivity index (χ4v) is 4.06. The number of Topliss-reactive ketones (excluding diaryl/α,β-unsaturated/α-hetero) is 1. The number of halogens is 1. The smallest absolute Gasteiger partial charge is 0.277 e. The van der Waals surface area contributed by atoms with Gasteiger partial charge >= 0.3 is 0 Å². The average Bonchev–Trinajstić information content (AvgIpc) is 2.69. The summed E-state index contributed by atoms with van der Waals surface area (Å²) in [5.74, 6) is 0.679. The predicted octanol–water partition coefficient (Wildman–Crippen LogP) is 4.78. The maximum Gasteiger partial charge on any atom is 0.277 e. The van der Waals surface area contributed by atoms with E-state index in [0.29, 0.717) is 40.5 Å². The van der Waals surface area contributed by atoms with E-state index in [1.807, 2.05) is 13.0 Å². The molecule has 1 aromatic heterocycles. The molecule has 0 atom stereocenters. The van der Waals surface area contributed by atoms with Crippen LogP contribution in [-0.4, -0.2) is 21.4 Å². The van der Waals surface area contributed by atoms with Crippen LogP contribution in [0.1, 0.15) is 68.1 Å². The van der Waals surface area contributed by atoms with Gasteiger partial charge in [-0.05, 0) is 49.8 Å². The van der Waals surface area contributed by atoms with E-state index in [4.69, 9.17) is 16.6 Å². The van der Waals surface area contributed by atoms with Gasteiger partial charge in [-0.2, -0.15) is 0 Å². The highest BCUT2D eigenvalue weighted by Gasteiger charge is 2.23. The van der Waals surface area contributed by atoms with Gasteiger partial charge < -0.3 is 5.32 Å². The Labute approximate surface area is 171 Å². The van der Waals surface area contributed by atoms with Crippen LogP contribution in [0.3, 0.4) is 0 Å². The summed E-state index contributed by atoms with van der Waals surface area (Å²) in [7, 11) is 1.73. The van der Waals surface area contributed by atoms with Gasteiger partial charge in [0.1, 0.15) is 11.5 Å². The minimum atomic E-state index is -0.0985. The quantitative estimate of drug-likeness (QED) is 0.756. The molecule has 0 amide bonds. The maximum absolute atomic E-state index is 13.1. The van der Waals surface area contributed by atoms with Crippen LogP contribution in [-0.2, 0) is 19.9 Å². The molecule has 1 aliphatic carbocycles. The van der Waals surface area contributed by atoms with Crippen LogP contribution in [0.4, 0.5) is 5.69 Å². The zero-order valence-electron chi connectivity index (χ0n) is 17.1. The van der Waals surface area contributed by atoms with E-state index in [0.717, 1.165) is 36.9 Å². The van der Waals surface area contributed by atoms with Crippen molar-refractivity contribution < 1.29 is 4.79 Å². The predicted molar refractivity (Wildman–Crippen MR) is 115 cm³/mol. The summed E-state index contributed by atoms with van der Waals surface area (Å²) in [5, 5.41) is 3.84. The third-order valence-corrected chi connectivity index (χ3v) is 5.93. The largest absolute Gasteiger partial charge is 0.376 e. The number of hydrogen-bond acceptors (Lipinski definition) is 4. The van der Waals surface area contributed by atoms with Gasteiger partial charge in [0.2, 0.25) is 0 Å². The van der Waals surface area contributed by atoms with Gasteiger partial charge in [-0.3, -0.25) is 14.2 Å². The highest BCUT2D eigenvalue weighted by molar-refractivity contribution is 6.33. The number of rotatable bonds is 6. The van der Waals surface area contributed by atoms with Gasteiger partial charge in [-0.15, -0.1) is 0 Å². The van der Waals surface area contributed by atoms with Crippen LogP contribution in [0.5, 0.6) is 0 Å². The number of ketones is 1. The summed E-state index contributed by atoms with van der Waals surface area (Å²) in [4.78, 5) is 30.1. The number of nitrogens with zero attached hydrogens (tertiary/aromatic N) is 2. The minimum Gasteiger partial charge on any atom is -0.376 e. The maximum atomic E-state index is 13.1. The van der Waals surface area contributed by atoms with E-state index in [-0.39, 0.29) is 17.4 Å². The van der Waals surface area contributed by atoms with Gasteiger partial charge in [0.25, 0.3) is 5.56 Å². The Morgan fingerprint density at radius 2 is 1.86 bits per heavy atom. The minimum absolute atomic E-state index is 0.0985. The van der Waals surface area contributed by atoms with Crippen LogP contribution in [0.15, 0.2) is 16.9 Å². The van der Waals surface area contributed by atoms with Gasteiger partial charge in [-0.1, -0.05) is 32.4 Å². The summed E-state index contributed by atoms with van der Waals surface area (Å²) >= 11 is 6.53. The van der Waals surface area contributed by atoms with Crippen molar-refractivity contribution in [2.24, 2.45) is 7.05 Å². The summed E-state index contributed by atoms with van der Waals surface area (Å²) in [5.41, 5.74) is 3.62. The van der Waals surface area contributed by atoms with E-state index in [1.54, 1.807) is 17.7 Å². The first-order valence-electron chi connectivity index (χ1n) is 10.1. The normalized spacial score (nSPS) is 13.7. The van der Waals surface area contributed by atoms with E-state index in [9.17, 15) is 9.59 Å². The van der Waals surface area contributed by atoms with Crippen LogP contribution >= 0.6 is 11.6 Å². The number of carbonyl (C=O) groups excluding carboxylic acids is 1. The first-order chi connectivity index (χ1) is 13.4. The Kier molecular flexibility index (Phi) is 6.23. The number of aryl methyl sites for hydroxylation is 2. The molecule has 1 aliphatic rings. The monoisotopic (exact) mass is 401 g/mol. The summed E-state index contributed by atoms with van der Waals surface area (Å²) in [6.45, 7) is 6.21. The van der Waals surface area contributed by atoms with Gasteiger partial charge in [-0.25, -0.2) is 4.98 Å². The number of nitrogens with one attached hydrogen (secondary N) is 1. The Balaban J connectivity index is 2.15. The molecule has 0 unspecified atom stereocenters. The molecule has 1 N–H and O–H groups in total. The molecule has 150 valence electrons. The number of carbonyl (C=O) groups is 1. The fourth-order valence-electron chi connectivity index (χ4n) is 3.81. The molecular weight excluding hydrogens is 374 g/mol. The topological polar surface area (TPSA) is 64.0 Å². The SMILES string of the molecule is CCc1nc(-c2cc3c(cc2Cl)C(=O)CCC3)n(C)c(=O)c1NC(CC)CC. The molecule has 0 fully saturated rings. The second kappa shape index (κ2) is 8.48. The summed E-state index contributed by atoms with van der Waals surface area (Å²) in [6.07, 6.45) is 4.78. The molecule has 28 heavy (non-hydrogen) atoms. The Hall–Kier alpha value is -2.14. The van der Waals surface area contributed by atoms with Crippen molar-refractivity contribution in [3.8, 4) is 11.4 Å². The third-order valence-electron chi connectivity index (χ3n) is 5.62. The van der Waals surface area contributed by atoms with Crippen LogP contribution < -0.4 is 10.9 Å². The molecule has 2 aromatic rings. The lowest BCUT2D eigenvalue weighted by molar-refractivity contribution is 0.0972. The lowest BCUT2D eigenvalue weighted by atomic mass is 9.89. The third kappa shape index (κ3) is 3.72. The highest BCUT2D eigenvalue weighted by atomic mass is 35.5. The number of fused-ring (bicyclic) bond motifs is 1. The fraction of sp³-hybridized carbons (Fsp3) is 0.500. The second-order valence-electron chi connectivity index (χ2n) is 7.40. The molecule has 0 saturated carbocycles. The lowest BCUT2D eigenvalue weighted by Gasteiger charge is -2.21. The Bertz CT molecular complexity index is 961. The molecule has 0 saturated heterocycles. The van der Waals surface area contributed by atoms with Crippen LogP contribution in [0, 0.1) is 0 Å². The molecule has 0 spiro atoms. The van der Waals surface area contributed by atoms with E-state index in [1.165, 1.54) is 0 Å². The van der Waals surface area contributed by atoms with E-state index >= 15 is 0 Å². The number of benzene rings is 1. The van der Waals surface area contributed by atoms with Crippen molar-refractivity contribution >= 4 is 23.1 Å². The lowest BCUT2D eigenvalue weighted by Crippen LogP contribution is -2.30. The van der Waals surface area contributed by atoms with Gasteiger partial charge in [0, 0.05) is 30.6 Å². The second-order valence-corrected chi connectivity index (χ2v) is 7.81. The molecular formula is C22H28ClN3O2. The summed E-state index contributed by atoms with van der Waals surface area (Å²) in [6, 6.07) is 3.91. The average molecular weight is 402 g/mol. The molecule has 1 aromatic carbocycles. The van der Waals surface area contributed by atoms with Crippen LogP contribution in [0.2, 0.25) is 5.02 Å².